The number of hydrogen-bond donors (Lipinski definition) is 2. The van der Waals surface area contributed by atoms with E-state index >= 15 is 0 Å². The number of carbonyl (C=O) groups is 2. The summed E-state index contributed by atoms with van der Waals surface area (Å²) in [5.41, 5.74) is 4.86. The molecule has 0 saturated carbocycles. The molecule has 0 bridgehead atoms. The minimum absolute atomic E-state index is 0.136. The van der Waals surface area contributed by atoms with Gasteiger partial charge in [0.25, 0.3) is 0 Å². The second-order valence-corrected chi connectivity index (χ2v) is 6.95. The van der Waals surface area contributed by atoms with Crippen molar-refractivity contribution in [1.29, 1.82) is 0 Å². The van der Waals surface area contributed by atoms with E-state index in [9.17, 15) is 9.59 Å². The largest absolute Gasteiger partial charge is 0.325 e. The van der Waals surface area contributed by atoms with E-state index in [0.717, 1.165) is 28.9 Å². The molecule has 1 unspecified atom stereocenters. The van der Waals surface area contributed by atoms with Crippen LogP contribution in [0.4, 0.5) is 11.4 Å². The molecule has 2 rings (SSSR count). The number of nitrogens with one attached hydrogen (secondary N) is 2. The fourth-order valence-corrected chi connectivity index (χ4v) is 2.82. The van der Waals surface area contributed by atoms with E-state index in [2.05, 4.69) is 17.6 Å². The van der Waals surface area contributed by atoms with Crippen LogP contribution >= 0.6 is 0 Å². The zero-order chi connectivity index (χ0) is 20.0. The SMILES string of the molecule is CCc1ccc(NC(=O)C(C)N(C)CC(=O)Nc2c(C)cccc2C)cc1. The molecule has 2 N–H and O–H groups in total. The molecule has 2 aromatic rings. The summed E-state index contributed by atoms with van der Waals surface area (Å²) >= 11 is 0. The van der Waals surface area contributed by atoms with Gasteiger partial charge < -0.3 is 10.6 Å². The van der Waals surface area contributed by atoms with Crippen LogP contribution in [0.3, 0.4) is 0 Å². The number of para-hydroxylation sites is 1. The Bertz CT molecular complexity index is 779. The second kappa shape index (κ2) is 9.33. The van der Waals surface area contributed by atoms with E-state index in [0.29, 0.717) is 0 Å². The van der Waals surface area contributed by atoms with E-state index in [1.807, 2.05) is 56.3 Å². The summed E-state index contributed by atoms with van der Waals surface area (Å²) in [6.07, 6.45) is 0.961. The van der Waals surface area contributed by atoms with Crippen LogP contribution in [-0.2, 0) is 16.0 Å². The van der Waals surface area contributed by atoms with Crippen LogP contribution in [0.2, 0.25) is 0 Å². The summed E-state index contributed by atoms with van der Waals surface area (Å²) in [5, 5.41) is 5.86. The number of carbonyl (C=O) groups excluding carboxylic acids is 2. The van der Waals surface area contributed by atoms with Gasteiger partial charge in [-0.2, -0.15) is 0 Å². The van der Waals surface area contributed by atoms with Gasteiger partial charge in [-0.3, -0.25) is 14.5 Å². The summed E-state index contributed by atoms with van der Waals surface area (Å²) in [6.45, 7) is 7.95. The van der Waals surface area contributed by atoms with Crippen molar-refractivity contribution in [3.8, 4) is 0 Å². The molecule has 1 atom stereocenters. The third kappa shape index (κ3) is 5.66. The molecule has 0 fully saturated rings. The third-order valence-corrected chi connectivity index (χ3v) is 4.81. The van der Waals surface area contributed by atoms with Crippen LogP contribution in [0.5, 0.6) is 0 Å². The molecule has 0 aliphatic heterocycles. The van der Waals surface area contributed by atoms with Gasteiger partial charge in [0.2, 0.25) is 11.8 Å². The van der Waals surface area contributed by atoms with E-state index < -0.39 is 6.04 Å². The molecule has 0 aliphatic carbocycles. The summed E-state index contributed by atoms with van der Waals surface area (Å²) in [5.74, 6) is -0.275. The van der Waals surface area contributed by atoms with Crippen molar-refractivity contribution in [2.45, 2.75) is 40.2 Å². The monoisotopic (exact) mass is 367 g/mol. The number of likely N-dealkylation sites (N-methyl/N-ethyl adjacent to an activating group) is 1. The molecule has 0 aromatic heterocycles. The van der Waals surface area contributed by atoms with Crippen LogP contribution < -0.4 is 10.6 Å². The Morgan fingerprint density at radius 2 is 1.59 bits per heavy atom. The Kier molecular flexibility index (Phi) is 7.13. The number of nitrogens with zero attached hydrogens (tertiary/aromatic N) is 1. The molecule has 27 heavy (non-hydrogen) atoms. The van der Waals surface area contributed by atoms with E-state index in [1.165, 1.54) is 5.56 Å². The maximum atomic E-state index is 12.5. The van der Waals surface area contributed by atoms with Crippen LogP contribution in [0.25, 0.3) is 0 Å². The van der Waals surface area contributed by atoms with Gasteiger partial charge in [-0.15, -0.1) is 0 Å². The molecule has 0 spiro atoms. The zero-order valence-corrected chi connectivity index (χ0v) is 16.8. The highest BCUT2D eigenvalue weighted by Crippen LogP contribution is 2.19. The Hall–Kier alpha value is -2.66. The summed E-state index contributed by atoms with van der Waals surface area (Å²) in [4.78, 5) is 26.6. The first-order valence-corrected chi connectivity index (χ1v) is 9.28. The van der Waals surface area contributed by atoms with E-state index in [4.69, 9.17) is 0 Å². The van der Waals surface area contributed by atoms with Crippen LogP contribution in [0, 0.1) is 13.8 Å². The molecule has 0 aliphatic rings. The van der Waals surface area contributed by atoms with Crippen LogP contribution in [0.1, 0.15) is 30.5 Å². The first kappa shape index (κ1) is 20.6. The van der Waals surface area contributed by atoms with Gasteiger partial charge in [-0.25, -0.2) is 0 Å². The fourth-order valence-electron chi connectivity index (χ4n) is 2.82. The quantitative estimate of drug-likeness (QED) is 0.783. The van der Waals surface area contributed by atoms with E-state index in [-0.39, 0.29) is 18.4 Å². The van der Waals surface area contributed by atoms with E-state index in [1.54, 1.807) is 18.9 Å². The average molecular weight is 367 g/mol. The molecule has 0 saturated heterocycles. The summed E-state index contributed by atoms with van der Waals surface area (Å²) < 4.78 is 0. The predicted octanol–water partition coefficient (Wildman–Crippen LogP) is 3.76. The van der Waals surface area contributed by atoms with Gasteiger partial charge in [0.15, 0.2) is 0 Å². The van der Waals surface area contributed by atoms with Gasteiger partial charge in [-0.1, -0.05) is 37.3 Å². The normalized spacial score (nSPS) is 11.9. The van der Waals surface area contributed by atoms with Crippen molar-refractivity contribution < 1.29 is 9.59 Å². The minimum Gasteiger partial charge on any atom is -0.325 e. The molecular formula is C22H29N3O2. The summed E-state index contributed by atoms with van der Waals surface area (Å²) in [6, 6.07) is 13.3. The molecule has 5 nitrogen and oxygen atoms in total. The lowest BCUT2D eigenvalue weighted by Gasteiger charge is -2.23. The predicted molar refractivity (Wildman–Crippen MR) is 111 cm³/mol. The van der Waals surface area contributed by atoms with Gasteiger partial charge in [0.1, 0.15) is 0 Å². The Morgan fingerprint density at radius 3 is 2.15 bits per heavy atom. The number of amides is 2. The standard InChI is InChI=1S/C22H29N3O2/c1-6-18-10-12-19(13-11-18)23-22(27)17(4)25(5)14-20(26)24-21-15(2)8-7-9-16(21)3/h7-13,17H,6,14H2,1-5H3,(H,23,27)(H,24,26). The molecule has 2 aromatic carbocycles. The lowest BCUT2D eigenvalue weighted by molar-refractivity contribution is -0.122. The third-order valence-electron chi connectivity index (χ3n) is 4.81. The molecular weight excluding hydrogens is 338 g/mol. The second-order valence-electron chi connectivity index (χ2n) is 6.95. The number of anilines is 2. The van der Waals surface area contributed by atoms with Gasteiger partial charge in [0.05, 0.1) is 12.6 Å². The Balaban J connectivity index is 1.92. The molecule has 0 heterocycles. The topological polar surface area (TPSA) is 61.4 Å². The molecule has 5 heteroatoms. The highest BCUT2D eigenvalue weighted by Gasteiger charge is 2.20. The average Bonchev–Trinajstić information content (AvgIpc) is 2.64. The minimum atomic E-state index is -0.431. The van der Waals surface area contributed by atoms with Crippen molar-refractivity contribution in [2.75, 3.05) is 24.2 Å². The highest BCUT2D eigenvalue weighted by molar-refractivity contribution is 5.96. The lowest BCUT2D eigenvalue weighted by Crippen LogP contribution is -2.43. The molecule has 144 valence electrons. The van der Waals surface area contributed by atoms with Crippen LogP contribution in [0.15, 0.2) is 42.5 Å². The Labute approximate surface area is 161 Å². The molecule has 2 amide bonds. The Morgan fingerprint density at radius 1 is 1.00 bits per heavy atom. The first-order chi connectivity index (χ1) is 12.8. The first-order valence-electron chi connectivity index (χ1n) is 9.28. The zero-order valence-electron chi connectivity index (χ0n) is 16.8. The smallest absolute Gasteiger partial charge is 0.241 e. The maximum Gasteiger partial charge on any atom is 0.241 e. The van der Waals surface area contributed by atoms with Crippen LogP contribution in [-0.4, -0.2) is 36.3 Å². The number of aryl methyl sites for hydroxylation is 3. The van der Waals surface area contributed by atoms with Crippen molar-refractivity contribution in [3.05, 3.63) is 59.2 Å². The van der Waals surface area contributed by atoms with Crippen molar-refractivity contribution in [2.24, 2.45) is 0 Å². The van der Waals surface area contributed by atoms with Crippen molar-refractivity contribution in [3.63, 3.8) is 0 Å². The number of rotatable bonds is 7. The number of hydrogen-bond acceptors (Lipinski definition) is 3. The highest BCUT2D eigenvalue weighted by atomic mass is 16.2. The summed E-state index contributed by atoms with van der Waals surface area (Å²) in [7, 11) is 1.77. The fraction of sp³-hybridized carbons (Fsp3) is 0.364. The van der Waals surface area contributed by atoms with Gasteiger partial charge >= 0.3 is 0 Å². The van der Waals surface area contributed by atoms with Gasteiger partial charge in [0, 0.05) is 11.4 Å². The lowest BCUT2D eigenvalue weighted by atomic mass is 10.1. The number of benzene rings is 2. The van der Waals surface area contributed by atoms with Crippen molar-refractivity contribution >= 4 is 23.2 Å². The van der Waals surface area contributed by atoms with Crippen molar-refractivity contribution in [1.82, 2.24) is 4.90 Å². The maximum absolute atomic E-state index is 12.5. The van der Waals surface area contributed by atoms with Gasteiger partial charge in [-0.05, 0) is 63.1 Å². The molecule has 0 radical (unpaired) electrons.